The lowest BCUT2D eigenvalue weighted by Crippen LogP contribution is -2.57. The number of carbonyl (C=O) groups is 4. The van der Waals surface area contributed by atoms with Gasteiger partial charge in [0, 0.05) is 12.5 Å². The Morgan fingerprint density at radius 2 is 1.77 bits per heavy atom. The van der Waals surface area contributed by atoms with E-state index in [0.29, 0.717) is 0 Å². The number of hydrogen-bond acceptors (Lipinski definition) is 5. The quantitative estimate of drug-likeness (QED) is 0.658. The van der Waals surface area contributed by atoms with Crippen molar-refractivity contribution in [3.8, 4) is 0 Å². The fraction of sp³-hybridized carbons (Fsp3) is 0.333. The van der Waals surface area contributed by atoms with E-state index in [1.165, 1.54) is 32.9 Å². The van der Waals surface area contributed by atoms with Gasteiger partial charge in [-0.25, -0.2) is 0 Å². The van der Waals surface area contributed by atoms with Gasteiger partial charge in [0.15, 0.2) is 11.6 Å². The summed E-state index contributed by atoms with van der Waals surface area (Å²) in [6.45, 7) is 3.78. The molecule has 0 saturated carbocycles. The van der Waals surface area contributed by atoms with E-state index in [2.05, 4.69) is 0 Å². The highest BCUT2D eigenvalue weighted by atomic mass is 35.5. The van der Waals surface area contributed by atoms with Gasteiger partial charge < -0.3 is 5.73 Å². The number of carbonyl (C=O) groups excluding carboxylic acids is 4. The zero-order chi connectivity index (χ0) is 16.8. The molecule has 6 nitrogen and oxygen atoms in total. The normalized spacial score (nSPS) is 20.6. The van der Waals surface area contributed by atoms with E-state index >= 15 is 0 Å². The molecule has 1 amide bonds. The molecule has 0 aromatic heterocycles. The lowest BCUT2D eigenvalue weighted by Gasteiger charge is -2.38. The molecular weight excluding hydrogens is 308 g/mol. The number of anilines is 1. The third-order valence-electron chi connectivity index (χ3n) is 3.69. The van der Waals surface area contributed by atoms with Gasteiger partial charge in [-0.2, -0.15) is 0 Å². The molecule has 0 aliphatic carbocycles. The van der Waals surface area contributed by atoms with Crippen LogP contribution in [-0.2, 0) is 9.59 Å². The zero-order valence-corrected chi connectivity index (χ0v) is 13.1. The van der Waals surface area contributed by atoms with Crippen LogP contribution in [0.15, 0.2) is 12.1 Å². The maximum absolute atomic E-state index is 12.7. The van der Waals surface area contributed by atoms with E-state index in [4.69, 9.17) is 17.3 Å². The van der Waals surface area contributed by atoms with E-state index in [9.17, 15) is 19.2 Å². The van der Waals surface area contributed by atoms with Gasteiger partial charge in [0.2, 0.25) is 5.91 Å². The highest BCUT2D eigenvalue weighted by molar-refractivity contribution is 6.36. The first-order valence-corrected chi connectivity index (χ1v) is 6.99. The lowest BCUT2D eigenvalue weighted by molar-refractivity contribution is -0.120. The minimum atomic E-state index is -1.21. The van der Waals surface area contributed by atoms with Crippen LogP contribution in [-0.4, -0.2) is 29.4 Å². The Morgan fingerprint density at radius 1 is 1.18 bits per heavy atom. The van der Waals surface area contributed by atoms with Gasteiger partial charge in [-0.05, 0) is 26.0 Å². The number of fused-ring (bicyclic) bond motifs is 1. The maximum Gasteiger partial charge on any atom is 0.225 e. The molecule has 0 saturated heterocycles. The Bertz CT molecular complexity index is 714. The molecule has 0 radical (unpaired) electrons. The number of benzene rings is 1. The molecule has 2 atom stereocenters. The molecule has 1 aromatic carbocycles. The number of amides is 1. The van der Waals surface area contributed by atoms with Gasteiger partial charge in [-0.1, -0.05) is 11.6 Å². The van der Waals surface area contributed by atoms with Crippen LogP contribution in [0.3, 0.4) is 0 Å². The van der Waals surface area contributed by atoms with Gasteiger partial charge in [-0.15, -0.1) is 0 Å². The fourth-order valence-electron chi connectivity index (χ4n) is 2.75. The number of nitrogens with zero attached hydrogens (tertiary/aromatic N) is 1. The van der Waals surface area contributed by atoms with Crippen LogP contribution < -0.4 is 10.6 Å². The first-order chi connectivity index (χ1) is 10.2. The molecule has 116 valence electrons. The molecule has 0 bridgehead atoms. The second kappa shape index (κ2) is 5.62. The molecule has 7 heteroatoms. The van der Waals surface area contributed by atoms with Crippen molar-refractivity contribution in [2.24, 2.45) is 11.7 Å². The number of nitrogens with two attached hydrogens (primary N) is 1. The largest absolute Gasteiger partial charge is 0.310 e. The van der Waals surface area contributed by atoms with Crippen molar-refractivity contribution in [3.05, 3.63) is 28.3 Å². The number of rotatable bonds is 2. The highest BCUT2D eigenvalue weighted by Crippen LogP contribution is 2.40. The molecule has 1 aliphatic rings. The summed E-state index contributed by atoms with van der Waals surface area (Å²) in [4.78, 5) is 49.3. The smallest absolute Gasteiger partial charge is 0.225 e. The van der Waals surface area contributed by atoms with Crippen LogP contribution in [0.25, 0.3) is 0 Å². The van der Waals surface area contributed by atoms with E-state index in [0.717, 1.165) is 4.90 Å². The summed E-state index contributed by atoms with van der Waals surface area (Å²) >= 11 is 6.12. The van der Waals surface area contributed by atoms with Crippen LogP contribution >= 0.6 is 11.6 Å². The summed E-state index contributed by atoms with van der Waals surface area (Å²) in [7, 11) is 0. The second-order valence-corrected chi connectivity index (χ2v) is 5.61. The minimum absolute atomic E-state index is 0.0166. The SMILES string of the molecule is CC(=O)c1ccc(Cl)c2c1C(=O)C(C(C)=O)C(N)N2C(C)=O. The van der Waals surface area contributed by atoms with Crippen molar-refractivity contribution in [3.63, 3.8) is 0 Å². The Balaban J connectivity index is 2.87. The molecule has 0 spiro atoms. The molecule has 2 rings (SSSR count). The Kier molecular flexibility index (Phi) is 4.17. The van der Waals surface area contributed by atoms with Gasteiger partial charge in [0.25, 0.3) is 0 Å². The van der Waals surface area contributed by atoms with Crippen LogP contribution in [0.1, 0.15) is 41.5 Å². The third-order valence-corrected chi connectivity index (χ3v) is 4.00. The van der Waals surface area contributed by atoms with Crippen molar-refractivity contribution in [1.82, 2.24) is 0 Å². The number of ketones is 3. The number of halogens is 1. The van der Waals surface area contributed by atoms with Crippen molar-refractivity contribution in [2.75, 3.05) is 4.90 Å². The van der Waals surface area contributed by atoms with Gasteiger partial charge in [0.1, 0.15) is 17.9 Å². The van der Waals surface area contributed by atoms with Crippen LogP contribution in [0, 0.1) is 5.92 Å². The molecule has 1 aliphatic heterocycles. The van der Waals surface area contributed by atoms with Crippen molar-refractivity contribution in [1.29, 1.82) is 0 Å². The third kappa shape index (κ3) is 2.34. The first kappa shape index (κ1) is 16.3. The predicted molar refractivity (Wildman–Crippen MR) is 81.1 cm³/mol. The van der Waals surface area contributed by atoms with Crippen LogP contribution in [0.2, 0.25) is 5.02 Å². The predicted octanol–water partition coefficient (Wildman–Crippen LogP) is 1.58. The Morgan fingerprint density at radius 3 is 2.23 bits per heavy atom. The molecular formula is C15H15ClN2O4. The van der Waals surface area contributed by atoms with Crippen LogP contribution in [0.4, 0.5) is 5.69 Å². The van der Waals surface area contributed by atoms with E-state index in [-0.39, 0.29) is 27.6 Å². The first-order valence-electron chi connectivity index (χ1n) is 6.62. The summed E-state index contributed by atoms with van der Waals surface area (Å²) in [6.07, 6.45) is -1.14. The summed E-state index contributed by atoms with van der Waals surface area (Å²) < 4.78 is 0. The molecule has 22 heavy (non-hydrogen) atoms. The lowest BCUT2D eigenvalue weighted by atomic mass is 9.83. The average Bonchev–Trinajstić information content (AvgIpc) is 2.38. The summed E-state index contributed by atoms with van der Waals surface area (Å²) in [5.41, 5.74) is 6.14. The topological polar surface area (TPSA) is 97.5 Å². The molecule has 1 heterocycles. The Labute approximate surface area is 132 Å². The number of hydrogen-bond donors (Lipinski definition) is 1. The zero-order valence-electron chi connectivity index (χ0n) is 12.3. The molecule has 1 aromatic rings. The van der Waals surface area contributed by atoms with Gasteiger partial charge in [0.05, 0.1) is 16.3 Å². The van der Waals surface area contributed by atoms with E-state index < -0.39 is 29.6 Å². The van der Waals surface area contributed by atoms with Crippen LogP contribution in [0.5, 0.6) is 0 Å². The molecule has 2 unspecified atom stereocenters. The van der Waals surface area contributed by atoms with Gasteiger partial charge in [-0.3, -0.25) is 24.1 Å². The maximum atomic E-state index is 12.7. The monoisotopic (exact) mass is 322 g/mol. The molecule has 0 fully saturated rings. The summed E-state index contributed by atoms with van der Waals surface area (Å²) in [6, 6.07) is 2.84. The fourth-order valence-corrected chi connectivity index (χ4v) is 2.99. The minimum Gasteiger partial charge on any atom is -0.310 e. The molecule has 2 N–H and O–H groups in total. The number of Topliss-reactive ketones (excluding diaryl/α,β-unsaturated/α-hetero) is 3. The average molecular weight is 323 g/mol. The van der Waals surface area contributed by atoms with Crippen molar-refractivity contribution in [2.45, 2.75) is 26.9 Å². The van der Waals surface area contributed by atoms with E-state index in [1.54, 1.807) is 0 Å². The second-order valence-electron chi connectivity index (χ2n) is 5.21. The van der Waals surface area contributed by atoms with E-state index in [1.807, 2.05) is 0 Å². The summed E-state index contributed by atoms with van der Waals surface area (Å²) in [5, 5.41) is 0.126. The standard InChI is InChI=1S/C15H15ClN2O4/c1-6(19)9-4-5-10(16)13-12(9)14(22)11(7(2)20)15(17)18(13)8(3)21/h4-5,11,15H,17H2,1-3H3. The van der Waals surface area contributed by atoms with Gasteiger partial charge >= 0.3 is 0 Å². The van der Waals surface area contributed by atoms with Crippen molar-refractivity contribution >= 4 is 40.5 Å². The van der Waals surface area contributed by atoms with Crippen molar-refractivity contribution < 1.29 is 19.2 Å². The highest BCUT2D eigenvalue weighted by Gasteiger charge is 2.45. The Hall–Kier alpha value is -2.05. The summed E-state index contributed by atoms with van der Waals surface area (Å²) in [5.74, 6) is -3.09.